The molecule has 0 radical (unpaired) electrons. The Hall–Kier alpha value is -2.86. The van der Waals surface area contributed by atoms with Crippen molar-refractivity contribution in [2.24, 2.45) is 4.99 Å². The van der Waals surface area contributed by atoms with Gasteiger partial charge in [0.1, 0.15) is 11.9 Å². The van der Waals surface area contributed by atoms with E-state index in [-0.39, 0.29) is 0 Å². The second-order valence-corrected chi connectivity index (χ2v) is 5.72. The number of aliphatic imine (C=N–C) groups is 1. The summed E-state index contributed by atoms with van der Waals surface area (Å²) in [5.74, 6) is 0.986. The number of ether oxygens (including phenoxy) is 2. The lowest BCUT2D eigenvalue weighted by Crippen LogP contribution is -2.31. The van der Waals surface area contributed by atoms with Crippen molar-refractivity contribution >= 4 is 23.6 Å². The molecule has 7 heteroatoms. The summed E-state index contributed by atoms with van der Waals surface area (Å²) < 4.78 is 9.95. The molecule has 0 aliphatic carbocycles. The van der Waals surface area contributed by atoms with Gasteiger partial charge in [-0.15, -0.1) is 0 Å². The van der Waals surface area contributed by atoms with E-state index in [0.717, 1.165) is 11.1 Å². The molecule has 0 fully saturated rings. The Morgan fingerprint density at radius 2 is 1.92 bits per heavy atom. The van der Waals surface area contributed by atoms with Crippen LogP contribution in [0.25, 0.3) is 0 Å². The third-order valence-corrected chi connectivity index (χ3v) is 4.04. The Morgan fingerprint density at radius 1 is 1.20 bits per heavy atom. The highest BCUT2D eigenvalue weighted by molar-refractivity contribution is 6.31. The minimum atomic E-state index is -0.809. The minimum absolute atomic E-state index is 0.345. The molecule has 2 heterocycles. The SMILES string of the molecule is COC(=O)OC1=C(C)NC(c2ccncc2)=NC1c1ccccc1Cl. The van der Waals surface area contributed by atoms with Crippen LogP contribution < -0.4 is 5.32 Å². The molecule has 25 heavy (non-hydrogen) atoms. The molecule has 1 aliphatic heterocycles. The molecule has 6 nitrogen and oxygen atoms in total. The summed E-state index contributed by atoms with van der Waals surface area (Å²) in [4.78, 5) is 20.4. The smallest absolute Gasteiger partial charge is 0.437 e. The number of halogens is 1. The fourth-order valence-corrected chi connectivity index (χ4v) is 2.73. The molecule has 2 aromatic rings. The number of rotatable bonds is 3. The maximum absolute atomic E-state index is 11.6. The summed E-state index contributed by atoms with van der Waals surface area (Å²) in [6.45, 7) is 1.80. The molecular weight excluding hydrogens is 342 g/mol. The molecular formula is C18H16ClN3O3. The van der Waals surface area contributed by atoms with Crippen molar-refractivity contribution in [3.63, 3.8) is 0 Å². The first-order chi connectivity index (χ1) is 12.1. The van der Waals surface area contributed by atoms with Crippen LogP contribution in [0.5, 0.6) is 0 Å². The molecule has 1 aliphatic rings. The number of aromatic nitrogens is 1. The van der Waals surface area contributed by atoms with Crippen molar-refractivity contribution in [1.82, 2.24) is 10.3 Å². The van der Waals surface area contributed by atoms with Crippen LogP contribution in [0.2, 0.25) is 5.02 Å². The van der Waals surface area contributed by atoms with E-state index in [9.17, 15) is 4.79 Å². The molecule has 0 saturated heterocycles. The van der Waals surface area contributed by atoms with Gasteiger partial charge in [-0.1, -0.05) is 29.8 Å². The van der Waals surface area contributed by atoms with Crippen LogP contribution in [-0.4, -0.2) is 24.1 Å². The Morgan fingerprint density at radius 3 is 2.60 bits per heavy atom. The molecule has 1 N–H and O–H groups in total. The highest BCUT2D eigenvalue weighted by Crippen LogP contribution is 2.35. The molecule has 0 bridgehead atoms. The summed E-state index contributed by atoms with van der Waals surface area (Å²) >= 11 is 6.34. The van der Waals surface area contributed by atoms with Gasteiger partial charge >= 0.3 is 6.16 Å². The average Bonchev–Trinajstić information content (AvgIpc) is 2.64. The van der Waals surface area contributed by atoms with E-state index in [2.05, 4.69) is 15.0 Å². The summed E-state index contributed by atoms with van der Waals surface area (Å²) in [6, 6.07) is 10.4. The van der Waals surface area contributed by atoms with E-state index in [1.165, 1.54) is 7.11 Å². The number of carbonyl (C=O) groups excluding carboxylic acids is 1. The van der Waals surface area contributed by atoms with Gasteiger partial charge < -0.3 is 14.8 Å². The van der Waals surface area contributed by atoms with Gasteiger partial charge in [-0.2, -0.15) is 0 Å². The van der Waals surface area contributed by atoms with Gasteiger partial charge in [0.15, 0.2) is 5.76 Å². The first-order valence-corrected chi connectivity index (χ1v) is 7.94. The number of carbonyl (C=O) groups is 1. The Kier molecular flexibility index (Phi) is 5.00. The van der Waals surface area contributed by atoms with Crippen molar-refractivity contribution in [2.45, 2.75) is 13.0 Å². The third-order valence-electron chi connectivity index (χ3n) is 3.70. The van der Waals surface area contributed by atoms with Gasteiger partial charge in [0.05, 0.1) is 12.8 Å². The van der Waals surface area contributed by atoms with Crippen molar-refractivity contribution in [1.29, 1.82) is 0 Å². The number of nitrogens with one attached hydrogen (secondary N) is 1. The summed E-state index contributed by atoms with van der Waals surface area (Å²) in [5, 5.41) is 3.69. The van der Waals surface area contributed by atoms with Gasteiger partial charge in [-0.3, -0.25) is 9.98 Å². The first-order valence-electron chi connectivity index (χ1n) is 7.56. The van der Waals surface area contributed by atoms with E-state index >= 15 is 0 Å². The zero-order valence-electron chi connectivity index (χ0n) is 13.7. The van der Waals surface area contributed by atoms with E-state index in [0.29, 0.717) is 22.3 Å². The monoisotopic (exact) mass is 357 g/mol. The lowest BCUT2D eigenvalue weighted by molar-refractivity contribution is 0.0913. The number of allylic oxidation sites excluding steroid dienone is 1. The van der Waals surface area contributed by atoms with Crippen LogP contribution >= 0.6 is 11.6 Å². The highest BCUT2D eigenvalue weighted by atomic mass is 35.5. The van der Waals surface area contributed by atoms with Crippen LogP contribution in [0.3, 0.4) is 0 Å². The Bertz CT molecular complexity index is 850. The number of hydrogen-bond acceptors (Lipinski definition) is 6. The standard InChI is InChI=1S/C18H16ClN3O3/c1-11-16(25-18(23)24-2)15(13-5-3-4-6-14(13)19)22-17(21-11)12-7-9-20-10-8-12/h3-10,15H,1-2H3,(H,21,22). The summed E-state index contributed by atoms with van der Waals surface area (Å²) in [6.07, 6.45) is 2.56. The second kappa shape index (κ2) is 7.36. The van der Waals surface area contributed by atoms with Crippen LogP contribution in [0.1, 0.15) is 24.1 Å². The van der Waals surface area contributed by atoms with E-state index < -0.39 is 12.2 Å². The van der Waals surface area contributed by atoms with Crippen LogP contribution in [0.15, 0.2) is 65.2 Å². The Labute approximate surface area is 150 Å². The van der Waals surface area contributed by atoms with E-state index in [1.807, 2.05) is 30.3 Å². The molecule has 1 unspecified atom stereocenters. The number of methoxy groups -OCH3 is 1. The maximum Gasteiger partial charge on any atom is 0.513 e. The Balaban J connectivity index is 2.07. The van der Waals surface area contributed by atoms with Gasteiger partial charge in [0.25, 0.3) is 0 Å². The minimum Gasteiger partial charge on any atom is -0.437 e. The number of amidine groups is 1. The first kappa shape index (κ1) is 17.0. The normalized spacial score (nSPS) is 16.8. The van der Waals surface area contributed by atoms with Gasteiger partial charge in [0, 0.05) is 28.5 Å². The molecule has 128 valence electrons. The zero-order chi connectivity index (χ0) is 17.8. The average molecular weight is 358 g/mol. The van der Waals surface area contributed by atoms with Crippen LogP contribution in [-0.2, 0) is 9.47 Å². The highest BCUT2D eigenvalue weighted by Gasteiger charge is 2.29. The quantitative estimate of drug-likeness (QED) is 0.845. The van der Waals surface area contributed by atoms with Crippen molar-refractivity contribution in [3.8, 4) is 0 Å². The summed E-state index contributed by atoms with van der Waals surface area (Å²) in [7, 11) is 1.25. The predicted octanol–water partition coefficient (Wildman–Crippen LogP) is 3.84. The fraction of sp³-hybridized carbons (Fsp3) is 0.167. The van der Waals surface area contributed by atoms with Crippen molar-refractivity contribution in [3.05, 3.63) is 76.4 Å². The van der Waals surface area contributed by atoms with Crippen LogP contribution in [0.4, 0.5) is 4.79 Å². The largest absolute Gasteiger partial charge is 0.513 e. The number of pyridine rings is 1. The molecule has 0 spiro atoms. The maximum atomic E-state index is 11.6. The lowest BCUT2D eigenvalue weighted by atomic mass is 10.0. The van der Waals surface area contributed by atoms with Gasteiger partial charge in [-0.05, 0) is 25.1 Å². The number of nitrogens with zero attached hydrogens (tertiary/aromatic N) is 2. The molecule has 0 saturated carbocycles. The lowest BCUT2D eigenvalue weighted by Gasteiger charge is -2.26. The molecule has 1 aromatic carbocycles. The zero-order valence-corrected chi connectivity index (χ0v) is 14.4. The number of benzene rings is 1. The van der Waals surface area contributed by atoms with E-state index in [4.69, 9.17) is 21.3 Å². The molecule has 3 rings (SSSR count). The molecule has 1 aromatic heterocycles. The van der Waals surface area contributed by atoms with Crippen molar-refractivity contribution in [2.75, 3.05) is 7.11 Å². The van der Waals surface area contributed by atoms with E-state index in [1.54, 1.807) is 25.4 Å². The molecule has 1 atom stereocenters. The predicted molar refractivity (Wildman–Crippen MR) is 94.3 cm³/mol. The third kappa shape index (κ3) is 3.64. The molecule has 0 amide bonds. The van der Waals surface area contributed by atoms with Gasteiger partial charge in [0.2, 0.25) is 0 Å². The van der Waals surface area contributed by atoms with Crippen LogP contribution in [0, 0.1) is 0 Å². The fourth-order valence-electron chi connectivity index (χ4n) is 2.49. The van der Waals surface area contributed by atoms with Gasteiger partial charge in [-0.25, -0.2) is 4.79 Å². The second-order valence-electron chi connectivity index (χ2n) is 5.31. The summed E-state index contributed by atoms with van der Waals surface area (Å²) in [5.41, 5.74) is 2.25. The van der Waals surface area contributed by atoms with Crippen molar-refractivity contribution < 1.29 is 14.3 Å². The number of hydrogen-bond donors (Lipinski definition) is 1. The topological polar surface area (TPSA) is 72.8 Å².